The summed E-state index contributed by atoms with van der Waals surface area (Å²) in [4.78, 5) is 39.9. The minimum absolute atomic E-state index is 0. The van der Waals surface area contributed by atoms with Crippen molar-refractivity contribution in [3.8, 4) is 0 Å². The van der Waals surface area contributed by atoms with Gasteiger partial charge in [-0.05, 0) is 59.9 Å². The number of guanidine groups is 1. The average Bonchev–Trinajstić information content (AvgIpc) is 2.95. The molecule has 2 amide bonds. The highest BCUT2D eigenvalue weighted by molar-refractivity contribution is 7.89. The maximum atomic E-state index is 13.2. The molecule has 0 aromatic heterocycles. The number of likely N-dealkylation sites (tertiary alicyclic amines) is 1. The number of primary amides is 1. The Morgan fingerprint density at radius 1 is 1.10 bits per heavy atom. The third-order valence-electron chi connectivity index (χ3n) is 7.35. The minimum Gasteiger partial charge on any atom is -0.474 e. The molecular formula is C28H33ClN6O6S. The number of amides is 2. The minimum atomic E-state index is -4.17. The molecule has 1 aliphatic heterocycles. The summed E-state index contributed by atoms with van der Waals surface area (Å²) in [7, 11) is -4.17. The maximum Gasteiger partial charge on any atom is 0.394 e. The van der Waals surface area contributed by atoms with E-state index in [-0.39, 0.29) is 34.9 Å². The molecule has 0 saturated carbocycles. The molecule has 1 heterocycles. The molecule has 1 unspecified atom stereocenters. The number of sulfonamides is 1. The Hall–Kier alpha value is -4.20. The van der Waals surface area contributed by atoms with Gasteiger partial charge in [-0.15, -0.1) is 12.4 Å². The van der Waals surface area contributed by atoms with Crippen LogP contribution in [0.1, 0.15) is 29.9 Å². The molecule has 2 atom stereocenters. The largest absolute Gasteiger partial charge is 0.474 e. The van der Waals surface area contributed by atoms with Crippen LogP contribution in [0.25, 0.3) is 10.8 Å². The fourth-order valence-electron chi connectivity index (χ4n) is 5.24. The van der Waals surface area contributed by atoms with Gasteiger partial charge >= 0.3 is 11.9 Å². The van der Waals surface area contributed by atoms with Gasteiger partial charge in [0.1, 0.15) is 6.04 Å². The van der Waals surface area contributed by atoms with E-state index in [2.05, 4.69) is 4.72 Å². The number of piperidine rings is 1. The molecule has 0 spiro atoms. The number of carboxylic acids is 1. The number of carbonyl (C=O) groups is 3. The number of fused-ring (bicyclic) bond motifs is 1. The van der Waals surface area contributed by atoms with Gasteiger partial charge in [-0.25, -0.2) is 17.9 Å². The van der Waals surface area contributed by atoms with Crippen LogP contribution in [0.15, 0.2) is 65.6 Å². The molecule has 42 heavy (non-hydrogen) atoms. The highest BCUT2D eigenvalue weighted by atomic mass is 35.5. The molecule has 14 heteroatoms. The fourth-order valence-corrected chi connectivity index (χ4v) is 6.31. The maximum absolute atomic E-state index is 13.2. The Morgan fingerprint density at radius 2 is 1.79 bits per heavy atom. The van der Waals surface area contributed by atoms with Gasteiger partial charge < -0.3 is 21.5 Å². The number of nitrogens with zero attached hydrogens (tertiary/aromatic N) is 2. The molecule has 4 rings (SSSR count). The lowest BCUT2D eigenvalue weighted by Crippen LogP contribution is -2.55. The third-order valence-corrected chi connectivity index (χ3v) is 8.77. The van der Waals surface area contributed by atoms with Gasteiger partial charge in [-0.3, -0.25) is 19.9 Å². The van der Waals surface area contributed by atoms with Crippen molar-refractivity contribution in [3.05, 3.63) is 71.8 Å². The van der Waals surface area contributed by atoms with E-state index in [0.717, 1.165) is 28.7 Å². The summed E-state index contributed by atoms with van der Waals surface area (Å²) in [6, 6.07) is 15.0. The summed E-state index contributed by atoms with van der Waals surface area (Å²) >= 11 is 0. The Kier molecular flexibility index (Phi) is 10.1. The highest BCUT2D eigenvalue weighted by Gasteiger charge is 2.36. The predicted molar refractivity (Wildman–Crippen MR) is 161 cm³/mol. The predicted octanol–water partition coefficient (Wildman–Crippen LogP) is 1.89. The average molecular weight is 617 g/mol. The summed E-state index contributed by atoms with van der Waals surface area (Å²) in [5.41, 5.74) is 12.8. The van der Waals surface area contributed by atoms with E-state index in [4.69, 9.17) is 16.9 Å². The van der Waals surface area contributed by atoms with Crippen LogP contribution in [0.3, 0.4) is 0 Å². The number of rotatable bonds is 8. The number of anilines is 1. The number of nitrogens with two attached hydrogens (primary N) is 2. The van der Waals surface area contributed by atoms with Crippen LogP contribution in [0.2, 0.25) is 0 Å². The number of benzene rings is 3. The van der Waals surface area contributed by atoms with Crippen LogP contribution in [-0.2, 0) is 24.4 Å². The summed E-state index contributed by atoms with van der Waals surface area (Å²) < 4.78 is 28.6. The summed E-state index contributed by atoms with van der Waals surface area (Å²) in [6.45, 7) is 2.12. The first-order valence-electron chi connectivity index (χ1n) is 12.9. The lowest BCUT2D eigenvalue weighted by molar-refractivity contribution is -0.149. The van der Waals surface area contributed by atoms with Gasteiger partial charge in [0.25, 0.3) is 0 Å². The number of hydrogen-bond donors (Lipinski definition) is 5. The second-order valence-corrected chi connectivity index (χ2v) is 11.7. The zero-order valence-corrected chi connectivity index (χ0v) is 24.5. The molecule has 3 aromatic carbocycles. The highest BCUT2D eigenvalue weighted by Crippen LogP contribution is 2.34. The Morgan fingerprint density at radius 3 is 2.43 bits per heavy atom. The SMILES string of the molecule is Cc1c([C@@H]2CCCN(C(=N)N)C2)cccc1N(C(=O)C(=O)O)C(CNS(=O)(=O)c1ccc2ccccc2c1)C(N)=O.Cl. The standard InChI is InChI=1S/C28H32N6O6S.ClH/c1-17-22(20-8-5-13-33(16-20)28(30)31)9-4-10-23(17)34(26(36)27(37)38)24(25(29)35)15-32-41(39,40)21-12-11-18-6-2-3-7-19(18)14-21;/h2-4,6-7,9-12,14,20,24,32H,5,8,13,15-16H2,1H3,(H2,29,35)(H3,30,31)(H,37,38);1H/t20-,24?;/m1./s1. The topological polar surface area (TPSA) is 200 Å². The van der Waals surface area contributed by atoms with Crippen molar-refractivity contribution in [3.63, 3.8) is 0 Å². The zero-order chi connectivity index (χ0) is 29.9. The second kappa shape index (κ2) is 13.2. The van der Waals surface area contributed by atoms with Crippen molar-refractivity contribution in [2.75, 3.05) is 24.5 Å². The lowest BCUT2D eigenvalue weighted by Gasteiger charge is -2.35. The monoisotopic (exact) mass is 616 g/mol. The number of halogens is 1. The van der Waals surface area contributed by atoms with Crippen LogP contribution in [0.5, 0.6) is 0 Å². The van der Waals surface area contributed by atoms with Gasteiger partial charge in [0.05, 0.1) is 4.90 Å². The molecule has 1 saturated heterocycles. The number of aliphatic carboxylic acids is 1. The summed E-state index contributed by atoms with van der Waals surface area (Å²) in [5.74, 6) is -4.50. The van der Waals surface area contributed by atoms with Crippen LogP contribution < -0.4 is 21.1 Å². The van der Waals surface area contributed by atoms with E-state index >= 15 is 0 Å². The Balaban J connectivity index is 0.00000484. The van der Waals surface area contributed by atoms with Crippen LogP contribution in [-0.4, -0.2) is 67.8 Å². The van der Waals surface area contributed by atoms with Gasteiger partial charge in [0, 0.05) is 31.2 Å². The molecular weight excluding hydrogens is 584 g/mol. The molecule has 0 bridgehead atoms. The first-order chi connectivity index (χ1) is 19.4. The fraction of sp³-hybridized carbons (Fsp3) is 0.286. The number of nitrogens with one attached hydrogen (secondary N) is 2. The lowest BCUT2D eigenvalue weighted by atomic mass is 9.87. The Bertz CT molecular complexity index is 1630. The van der Waals surface area contributed by atoms with E-state index < -0.39 is 40.4 Å². The van der Waals surface area contributed by atoms with E-state index in [1.807, 2.05) is 18.2 Å². The molecule has 1 aliphatic rings. The van der Waals surface area contributed by atoms with E-state index in [9.17, 15) is 27.9 Å². The first-order valence-corrected chi connectivity index (χ1v) is 14.4. The van der Waals surface area contributed by atoms with Crippen molar-refractivity contribution in [2.45, 2.75) is 36.6 Å². The van der Waals surface area contributed by atoms with Crippen molar-refractivity contribution in [1.82, 2.24) is 9.62 Å². The normalized spacial score (nSPS) is 15.8. The van der Waals surface area contributed by atoms with Crippen molar-refractivity contribution >= 4 is 62.6 Å². The van der Waals surface area contributed by atoms with Gasteiger partial charge in [0.15, 0.2) is 5.96 Å². The molecule has 224 valence electrons. The van der Waals surface area contributed by atoms with Crippen molar-refractivity contribution in [1.29, 1.82) is 5.41 Å². The molecule has 0 aliphatic carbocycles. The Labute approximate surface area is 249 Å². The first kappa shape index (κ1) is 32.3. The van der Waals surface area contributed by atoms with Crippen molar-refractivity contribution in [2.24, 2.45) is 11.5 Å². The second-order valence-electron chi connectivity index (χ2n) is 9.92. The third kappa shape index (κ3) is 6.81. The molecule has 0 radical (unpaired) electrons. The van der Waals surface area contributed by atoms with Crippen LogP contribution in [0.4, 0.5) is 5.69 Å². The van der Waals surface area contributed by atoms with Gasteiger partial charge in [-0.2, -0.15) is 0 Å². The van der Waals surface area contributed by atoms with Gasteiger partial charge in [-0.1, -0.05) is 42.5 Å². The zero-order valence-electron chi connectivity index (χ0n) is 22.8. The van der Waals surface area contributed by atoms with Crippen LogP contribution in [0, 0.1) is 12.3 Å². The quantitative estimate of drug-likeness (QED) is 0.143. The molecule has 12 nitrogen and oxygen atoms in total. The number of carboxylic acid groups (broad SMARTS) is 1. The van der Waals surface area contributed by atoms with Gasteiger partial charge in [0.2, 0.25) is 15.9 Å². The summed E-state index contributed by atoms with van der Waals surface area (Å²) in [5, 5.41) is 18.9. The van der Waals surface area contributed by atoms with Crippen LogP contribution >= 0.6 is 12.4 Å². The van der Waals surface area contributed by atoms with E-state index in [1.54, 1.807) is 36.1 Å². The molecule has 1 fully saturated rings. The van der Waals surface area contributed by atoms with E-state index in [0.29, 0.717) is 24.0 Å². The molecule has 7 N–H and O–H groups in total. The number of hydrogen-bond acceptors (Lipinski definition) is 6. The number of carbonyl (C=O) groups excluding carboxylic acids is 2. The smallest absolute Gasteiger partial charge is 0.394 e. The molecule has 3 aromatic rings. The van der Waals surface area contributed by atoms with E-state index in [1.165, 1.54) is 18.2 Å². The van der Waals surface area contributed by atoms with Crippen molar-refractivity contribution < 1.29 is 27.9 Å². The summed E-state index contributed by atoms with van der Waals surface area (Å²) in [6.07, 6.45) is 1.54.